The smallest absolute Gasteiger partial charge is 0.308 e. The number of piperidine rings is 1. The molecule has 0 amide bonds. The molecule has 0 aromatic carbocycles. The Morgan fingerprint density at radius 3 is 2.10 bits per heavy atom. The van der Waals surface area contributed by atoms with Crippen LogP contribution in [-0.4, -0.2) is 188 Å². The van der Waals surface area contributed by atoms with Crippen LogP contribution in [0.25, 0.3) is 0 Å². The minimum atomic E-state index is -1.24. The maximum atomic E-state index is 14.1. The molecule has 8 unspecified atom stereocenters. The number of aliphatic hydroxyl groups is 4. The van der Waals surface area contributed by atoms with Crippen molar-refractivity contribution in [3.05, 3.63) is 12.2 Å². The van der Waals surface area contributed by atoms with Crippen molar-refractivity contribution in [2.45, 2.75) is 179 Å². The first-order chi connectivity index (χ1) is 29.2. The van der Waals surface area contributed by atoms with E-state index in [1.54, 1.807) is 45.0 Å². The Morgan fingerprint density at radius 1 is 0.855 bits per heavy atom. The number of epoxide rings is 1. The fourth-order valence-corrected chi connectivity index (χ4v) is 10.7. The molecule has 4 fully saturated rings. The number of cyclic esters (lactones) is 1. The number of carbonyl (C=O) groups is 2. The van der Waals surface area contributed by atoms with Crippen molar-refractivity contribution in [2.24, 2.45) is 35.5 Å². The number of esters is 1. The van der Waals surface area contributed by atoms with Crippen LogP contribution < -0.4 is 0 Å². The quantitative estimate of drug-likeness (QED) is 0.165. The summed E-state index contributed by atoms with van der Waals surface area (Å²) in [5.41, 5.74) is -0.869. The van der Waals surface area contributed by atoms with Crippen molar-refractivity contribution in [3.63, 3.8) is 0 Å². The summed E-state index contributed by atoms with van der Waals surface area (Å²) in [6.07, 6.45) is -5.59. The maximum Gasteiger partial charge on any atom is 0.308 e. The van der Waals surface area contributed by atoms with Crippen LogP contribution in [0.4, 0.5) is 0 Å². The zero-order valence-corrected chi connectivity index (χ0v) is 39.3. The molecule has 5 aliphatic rings. The number of fused-ring (bicyclic) bond motifs is 1. The lowest BCUT2D eigenvalue weighted by molar-refractivity contribution is -0.305. The summed E-state index contributed by atoms with van der Waals surface area (Å²) < 4.78 is 49.1. The van der Waals surface area contributed by atoms with Gasteiger partial charge in [-0.1, -0.05) is 34.6 Å². The lowest BCUT2D eigenvalue weighted by atomic mass is 9.79. The molecule has 0 aromatic heterocycles. The molecule has 4 N–H and O–H groups in total. The number of methoxy groups -OCH3 is 2. The summed E-state index contributed by atoms with van der Waals surface area (Å²) in [5, 5.41) is 45.4. The van der Waals surface area contributed by atoms with Crippen molar-refractivity contribution in [2.75, 3.05) is 54.6 Å². The van der Waals surface area contributed by atoms with Crippen LogP contribution in [0.1, 0.15) is 87.5 Å². The predicted molar refractivity (Wildman–Crippen MR) is 229 cm³/mol. The fourth-order valence-electron chi connectivity index (χ4n) is 10.7. The van der Waals surface area contributed by atoms with Gasteiger partial charge in [-0.3, -0.25) is 9.59 Å². The molecule has 0 radical (unpaired) electrons. The molecule has 16 nitrogen and oxygen atoms in total. The molecule has 0 saturated carbocycles. The van der Waals surface area contributed by atoms with Gasteiger partial charge in [0.1, 0.15) is 36.1 Å². The molecule has 4 saturated heterocycles. The third-order valence-electron chi connectivity index (χ3n) is 14.3. The highest BCUT2D eigenvalue weighted by molar-refractivity contribution is 5.91. The number of ketones is 1. The van der Waals surface area contributed by atoms with Gasteiger partial charge in [0.2, 0.25) is 0 Å². The monoisotopic (exact) mass is 885 g/mol. The van der Waals surface area contributed by atoms with E-state index in [-0.39, 0.29) is 24.7 Å². The van der Waals surface area contributed by atoms with Gasteiger partial charge in [0, 0.05) is 45.1 Å². The average molecular weight is 885 g/mol. The predicted octanol–water partition coefficient (Wildman–Crippen LogP) is 2.55. The fraction of sp³-hybridized carbons (Fsp3) is 0.913. The van der Waals surface area contributed by atoms with E-state index in [1.807, 2.05) is 27.7 Å². The summed E-state index contributed by atoms with van der Waals surface area (Å²) in [6, 6.07) is -0.690. The Kier molecular flexibility index (Phi) is 18.4. The zero-order valence-electron chi connectivity index (χ0n) is 39.3. The molecule has 16 heteroatoms. The number of likely N-dealkylation sites (N-methyl/N-ethyl adjacent to an activating group) is 1. The second-order valence-corrected chi connectivity index (χ2v) is 19.8. The summed E-state index contributed by atoms with van der Waals surface area (Å²) in [6.45, 7) is 18.2. The van der Waals surface area contributed by atoms with Crippen molar-refractivity contribution in [1.82, 2.24) is 9.80 Å². The van der Waals surface area contributed by atoms with Gasteiger partial charge in [-0.25, -0.2) is 0 Å². The summed E-state index contributed by atoms with van der Waals surface area (Å²) in [4.78, 5) is 32.3. The Labute approximate surface area is 369 Å². The van der Waals surface area contributed by atoms with Gasteiger partial charge in [0.15, 0.2) is 18.4 Å². The third-order valence-corrected chi connectivity index (χ3v) is 14.3. The molecular weight excluding hydrogens is 805 g/mol. The second kappa shape index (κ2) is 22.2. The van der Waals surface area contributed by atoms with Crippen molar-refractivity contribution in [1.29, 1.82) is 0 Å². The summed E-state index contributed by atoms with van der Waals surface area (Å²) >= 11 is 0. The molecule has 0 aliphatic carbocycles. The molecule has 0 bridgehead atoms. The van der Waals surface area contributed by atoms with Crippen LogP contribution in [-0.2, 0) is 47.5 Å². The number of nitrogens with zero attached hydrogens (tertiary/aromatic N) is 2. The van der Waals surface area contributed by atoms with Crippen LogP contribution in [0.3, 0.4) is 0 Å². The number of aliphatic hydroxyl groups excluding tert-OH is 4. The number of hydrogen-bond acceptors (Lipinski definition) is 16. The molecule has 5 aliphatic heterocycles. The van der Waals surface area contributed by atoms with Gasteiger partial charge in [-0.05, 0) is 97.0 Å². The van der Waals surface area contributed by atoms with Gasteiger partial charge in [-0.2, -0.15) is 0 Å². The van der Waals surface area contributed by atoms with E-state index < -0.39 is 115 Å². The number of ether oxygens (including phenoxy) is 8. The number of carbonyl (C=O) groups excluding carboxylic acids is 2. The average Bonchev–Trinajstić information content (AvgIpc) is 3.88. The molecule has 0 spiro atoms. The van der Waals surface area contributed by atoms with Gasteiger partial charge in [-0.15, -0.1) is 0 Å². The van der Waals surface area contributed by atoms with Crippen LogP contribution in [0, 0.1) is 35.5 Å². The van der Waals surface area contributed by atoms with Crippen molar-refractivity contribution >= 4 is 11.8 Å². The Balaban J connectivity index is 1.46. The Hall–Kier alpha value is -1.64. The third kappa shape index (κ3) is 12.2. The first-order valence-corrected chi connectivity index (χ1v) is 23.1. The first-order valence-electron chi connectivity index (χ1n) is 23.1. The number of rotatable bonds is 12. The SMILES string of the molecule is CC[C@H]1OC(=O)C[C@@H](O)[C@H](C)C(O[C@@H]2O[C@H](C)[C@@H](O)[C@H](N(C)C)[C@H]2O)[C@@H](CCN2CC(C)CC(C)C2)C[C@@H](C)C(=O)/C=C/[C@]2(C)O[C@H]2C1COC1O[C@H](C)C(O)C(OC)C1OC. The molecular formula is C46H80N2O14. The number of allylic oxidation sites excluding steroid dienone is 1. The standard InChI is InChI=1S/C46H80N2O14/c1-13-34-31(23-57-45-42(56-12)41(55-11)38(53)29(7)59-45)43-46(8,62-43)16-14-32(49)26(4)19-30(15-17-48-21-24(2)18-25(3)22-48)40(27(5)33(50)20-35(51)60-34)61-44-39(54)36(47(9)10)37(52)28(6)58-44/h14,16,24-31,33-34,36-45,50,52-54H,13,15,17-23H2,1-12H3/b16-14+/t24?,25?,26-,27+,28-,29-,30+,31?,33-,34-,36+,37-,38?,39-,40?,41?,42?,43+,44+,45?,46+/m1/s1. The molecule has 21 atom stereocenters. The van der Waals surface area contributed by atoms with E-state index in [0.29, 0.717) is 31.1 Å². The molecule has 0 aromatic rings. The highest BCUT2D eigenvalue weighted by Crippen LogP contribution is 2.46. The van der Waals surface area contributed by atoms with Crippen LogP contribution in [0.5, 0.6) is 0 Å². The van der Waals surface area contributed by atoms with E-state index in [9.17, 15) is 30.0 Å². The summed E-state index contributed by atoms with van der Waals surface area (Å²) in [5.74, 6) is -1.58. The van der Waals surface area contributed by atoms with Gasteiger partial charge < -0.3 is 68.1 Å². The van der Waals surface area contributed by atoms with Gasteiger partial charge >= 0.3 is 5.97 Å². The van der Waals surface area contributed by atoms with Gasteiger partial charge in [0.05, 0.1) is 55.7 Å². The van der Waals surface area contributed by atoms with E-state index >= 15 is 0 Å². The van der Waals surface area contributed by atoms with E-state index in [1.165, 1.54) is 14.2 Å². The minimum absolute atomic E-state index is 0.0178. The molecule has 5 rings (SSSR count). The first kappa shape index (κ1) is 51.3. The molecule has 358 valence electrons. The van der Waals surface area contributed by atoms with Crippen LogP contribution in [0.15, 0.2) is 12.2 Å². The highest BCUT2D eigenvalue weighted by Gasteiger charge is 2.58. The lowest BCUT2D eigenvalue weighted by Crippen LogP contribution is -2.63. The number of likely N-dealkylation sites (tertiary alicyclic amines) is 1. The number of hydrogen-bond donors (Lipinski definition) is 4. The van der Waals surface area contributed by atoms with Crippen LogP contribution in [0.2, 0.25) is 0 Å². The maximum absolute atomic E-state index is 14.1. The second-order valence-electron chi connectivity index (χ2n) is 19.8. The van der Waals surface area contributed by atoms with Gasteiger partial charge in [0.25, 0.3) is 0 Å². The topological polar surface area (TPSA) is 199 Å². The molecule has 5 heterocycles. The highest BCUT2D eigenvalue weighted by atomic mass is 16.7. The van der Waals surface area contributed by atoms with Crippen molar-refractivity contribution < 1.29 is 67.9 Å². The van der Waals surface area contributed by atoms with E-state index in [4.69, 9.17) is 37.9 Å². The van der Waals surface area contributed by atoms with E-state index in [2.05, 4.69) is 18.7 Å². The van der Waals surface area contributed by atoms with E-state index in [0.717, 1.165) is 26.1 Å². The Bertz CT molecular complexity index is 1460. The minimum Gasteiger partial charge on any atom is -0.462 e. The lowest BCUT2D eigenvalue weighted by Gasteiger charge is -2.47. The Morgan fingerprint density at radius 2 is 1.48 bits per heavy atom. The summed E-state index contributed by atoms with van der Waals surface area (Å²) in [7, 11) is 6.53. The largest absolute Gasteiger partial charge is 0.462 e. The van der Waals surface area contributed by atoms with Crippen molar-refractivity contribution in [3.8, 4) is 0 Å². The zero-order chi connectivity index (χ0) is 45.8. The normalized spacial score (nSPS) is 47.2. The molecule has 62 heavy (non-hydrogen) atoms. The van der Waals surface area contributed by atoms with Crippen LogP contribution >= 0.6 is 0 Å².